The van der Waals surface area contributed by atoms with E-state index in [4.69, 9.17) is 4.74 Å². The number of ketones is 1. The van der Waals surface area contributed by atoms with Crippen molar-refractivity contribution >= 4 is 38.2 Å². The van der Waals surface area contributed by atoms with Crippen LogP contribution in [0.3, 0.4) is 0 Å². The molecule has 1 fully saturated rings. The lowest BCUT2D eigenvalue weighted by Gasteiger charge is -2.28. The van der Waals surface area contributed by atoms with Crippen LogP contribution in [0.1, 0.15) is 15.2 Å². The lowest BCUT2D eigenvalue weighted by Crippen LogP contribution is -2.36. The number of morpholine rings is 1. The van der Waals surface area contributed by atoms with Crippen molar-refractivity contribution in [1.82, 2.24) is 4.31 Å². The number of carbonyl (C=O) groups excluding carboxylic acids is 1. The van der Waals surface area contributed by atoms with E-state index in [1.54, 1.807) is 24.3 Å². The van der Waals surface area contributed by atoms with Crippen LogP contribution in [-0.2, 0) is 14.8 Å². The highest BCUT2D eigenvalue weighted by atomic mass is 32.2. The maximum absolute atomic E-state index is 12.8. The van der Waals surface area contributed by atoms with E-state index in [2.05, 4.69) is 4.90 Å². The first-order chi connectivity index (χ1) is 12.5. The van der Waals surface area contributed by atoms with E-state index in [1.807, 2.05) is 12.1 Å². The number of hydrogen-bond donors (Lipinski definition) is 0. The van der Waals surface area contributed by atoms with Crippen LogP contribution < -0.4 is 4.90 Å². The van der Waals surface area contributed by atoms with Crippen molar-refractivity contribution in [3.63, 3.8) is 0 Å². The molecule has 26 heavy (non-hydrogen) atoms. The minimum atomic E-state index is -3.71. The van der Waals surface area contributed by atoms with Crippen LogP contribution in [-0.4, -0.2) is 51.9 Å². The number of Topliss-reactive ketones (excluding diaryl/α,β-unsaturated/α-hetero) is 1. The second-order valence-electron chi connectivity index (χ2n) is 6.10. The quantitative estimate of drug-likeness (QED) is 0.737. The third-order valence-electron chi connectivity index (χ3n) is 4.56. The van der Waals surface area contributed by atoms with Gasteiger partial charge in [0.25, 0.3) is 10.0 Å². The Morgan fingerprint density at radius 1 is 1.12 bits per heavy atom. The van der Waals surface area contributed by atoms with Crippen molar-refractivity contribution in [1.29, 1.82) is 0 Å². The van der Waals surface area contributed by atoms with Crippen molar-refractivity contribution in [2.75, 3.05) is 38.3 Å². The zero-order valence-corrected chi connectivity index (χ0v) is 15.8. The van der Waals surface area contributed by atoms with Gasteiger partial charge < -0.3 is 9.64 Å². The molecule has 136 valence electrons. The van der Waals surface area contributed by atoms with Crippen LogP contribution in [0.25, 0.3) is 6.08 Å². The van der Waals surface area contributed by atoms with Gasteiger partial charge >= 0.3 is 0 Å². The van der Waals surface area contributed by atoms with Crippen molar-refractivity contribution in [2.24, 2.45) is 0 Å². The number of hydrogen-bond acceptors (Lipinski definition) is 6. The second-order valence-corrected chi connectivity index (χ2v) is 9.13. The first-order valence-corrected chi connectivity index (χ1v) is 10.5. The maximum Gasteiger partial charge on any atom is 0.264 e. The second kappa shape index (κ2) is 6.53. The van der Waals surface area contributed by atoms with Crippen LogP contribution in [0.4, 0.5) is 5.00 Å². The fourth-order valence-electron chi connectivity index (χ4n) is 3.10. The molecule has 0 amide bonds. The zero-order chi connectivity index (χ0) is 18.3. The van der Waals surface area contributed by atoms with Gasteiger partial charge in [0.2, 0.25) is 5.78 Å². The fraction of sp³-hybridized carbons (Fsp3) is 0.278. The minimum Gasteiger partial charge on any atom is -0.378 e. The molecular formula is C18H18N2O4S2. The monoisotopic (exact) mass is 390 g/mol. The molecule has 0 radical (unpaired) electrons. The summed E-state index contributed by atoms with van der Waals surface area (Å²) in [6.07, 6.45) is 1.66. The number of likely N-dealkylation sites (N-methyl/N-ethyl adjacent to an activating group) is 1. The summed E-state index contributed by atoms with van der Waals surface area (Å²) in [5.41, 5.74) is 0.390. The number of benzene rings is 1. The van der Waals surface area contributed by atoms with Crippen LogP contribution in [0, 0.1) is 0 Å². The molecule has 2 aliphatic heterocycles. The van der Waals surface area contributed by atoms with Crippen molar-refractivity contribution in [3.8, 4) is 0 Å². The average Bonchev–Trinajstić information content (AvgIpc) is 3.13. The number of sulfonamides is 1. The SMILES string of the molecule is CN1C(=Cc2ccc(N3CCOCC3)s2)C(=O)c2ccccc2S1(=O)=O. The highest BCUT2D eigenvalue weighted by Crippen LogP contribution is 2.34. The smallest absolute Gasteiger partial charge is 0.264 e. The highest BCUT2D eigenvalue weighted by Gasteiger charge is 2.36. The number of allylic oxidation sites excluding steroid dienone is 1. The zero-order valence-electron chi connectivity index (χ0n) is 14.2. The Kier molecular flexibility index (Phi) is 4.34. The van der Waals surface area contributed by atoms with E-state index in [0.717, 1.165) is 27.3 Å². The third kappa shape index (κ3) is 2.84. The van der Waals surface area contributed by atoms with Crippen molar-refractivity contribution in [2.45, 2.75) is 4.90 Å². The summed E-state index contributed by atoms with van der Waals surface area (Å²) < 4.78 is 31.9. The van der Waals surface area contributed by atoms with Gasteiger partial charge in [0.05, 0.1) is 23.1 Å². The summed E-state index contributed by atoms with van der Waals surface area (Å²) >= 11 is 1.54. The Morgan fingerprint density at radius 2 is 1.85 bits per heavy atom. The van der Waals surface area contributed by atoms with Gasteiger partial charge in [-0.05, 0) is 30.3 Å². The van der Waals surface area contributed by atoms with E-state index in [9.17, 15) is 13.2 Å². The molecular weight excluding hydrogens is 372 g/mol. The number of nitrogens with zero attached hydrogens (tertiary/aromatic N) is 2. The van der Waals surface area contributed by atoms with Crippen LogP contribution in [0.5, 0.6) is 0 Å². The topological polar surface area (TPSA) is 66.9 Å². The Bertz CT molecular complexity index is 988. The number of rotatable bonds is 2. The molecule has 0 aliphatic carbocycles. The third-order valence-corrected chi connectivity index (χ3v) is 7.48. The van der Waals surface area contributed by atoms with Gasteiger partial charge in [-0.2, -0.15) is 0 Å². The largest absolute Gasteiger partial charge is 0.378 e. The van der Waals surface area contributed by atoms with Crippen LogP contribution >= 0.6 is 11.3 Å². The lowest BCUT2D eigenvalue weighted by molar-refractivity contribution is 0.101. The van der Waals surface area contributed by atoms with E-state index < -0.39 is 10.0 Å². The molecule has 1 aromatic carbocycles. The molecule has 8 heteroatoms. The molecule has 3 heterocycles. The summed E-state index contributed by atoms with van der Waals surface area (Å²) in [7, 11) is -2.29. The van der Waals surface area contributed by atoms with Gasteiger partial charge in [0, 0.05) is 30.6 Å². The fourth-order valence-corrected chi connectivity index (χ4v) is 5.48. The van der Waals surface area contributed by atoms with Gasteiger partial charge in [-0.15, -0.1) is 11.3 Å². The van der Waals surface area contributed by atoms with E-state index >= 15 is 0 Å². The van der Waals surface area contributed by atoms with Gasteiger partial charge in [0.15, 0.2) is 0 Å². The van der Waals surface area contributed by atoms with Gasteiger partial charge in [-0.25, -0.2) is 8.42 Å². The molecule has 1 saturated heterocycles. The number of ether oxygens (including phenoxy) is 1. The molecule has 0 saturated carbocycles. The molecule has 0 atom stereocenters. The molecule has 1 aromatic heterocycles. The Hall–Kier alpha value is -2.16. The van der Waals surface area contributed by atoms with Crippen LogP contribution in [0.2, 0.25) is 0 Å². The van der Waals surface area contributed by atoms with Gasteiger partial charge in [0.1, 0.15) is 5.70 Å². The summed E-state index contributed by atoms with van der Waals surface area (Å²) in [5.74, 6) is -0.278. The van der Waals surface area contributed by atoms with E-state index in [0.29, 0.717) is 13.2 Å². The highest BCUT2D eigenvalue weighted by molar-refractivity contribution is 7.89. The minimum absolute atomic E-state index is 0.0600. The molecule has 4 rings (SSSR count). The van der Waals surface area contributed by atoms with Crippen LogP contribution in [0.15, 0.2) is 47.0 Å². The molecule has 2 aliphatic rings. The van der Waals surface area contributed by atoms with Crippen molar-refractivity contribution < 1.29 is 17.9 Å². The number of carbonyl (C=O) groups is 1. The summed E-state index contributed by atoms with van der Waals surface area (Å²) in [6, 6.07) is 10.2. The molecule has 0 bridgehead atoms. The summed E-state index contributed by atoms with van der Waals surface area (Å²) in [6.45, 7) is 3.06. The summed E-state index contributed by atoms with van der Waals surface area (Å²) in [4.78, 5) is 16.0. The Labute approximate surface area is 156 Å². The summed E-state index contributed by atoms with van der Waals surface area (Å²) in [5, 5.41) is 1.09. The first-order valence-electron chi connectivity index (χ1n) is 8.25. The average molecular weight is 390 g/mol. The number of anilines is 1. The Balaban J connectivity index is 1.71. The standard InChI is InChI=1S/C18H18N2O4S2/c1-19-15(18(21)14-4-2-3-5-16(14)26(19,22)23)12-13-6-7-17(25-13)20-8-10-24-11-9-20/h2-7,12H,8-11H2,1H3. The first kappa shape index (κ1) is 17.3. The van der Waals surface area contributed by atoms with Crippen molar-refractivity contribution in [3.05, 3.63) is 52.5 Å². The van der Waals surface area contributed by atoms with Gasteiger partial charge in [-0.1, -0.05) is 12.1 Å². The number of thiophene rings is 1. The Morgan fingerprint density at radius 3 is 2.62 bits per heavy atom. The van der Waals surface area contributed by atoms with E-state index in [-0.39, 0.29) is 21.9 Å². The molecule has 0 spiro atoms. The molecule has 2 aromatic rings. The molecule has 0 N–H and O–H groups in total. The molecule has 6 nitrogen and oxygen atoms in total. The predicted octanol–water partition coefficient (Wildman–Crippen LogP) is 2.44. The lowest BCUT2D eigenvalue weighted by atomic mass is 10.1. The number of fused-ring (bicyclic) bond motifs is 1. The normalized spacial score (nSPS) is 21.1. The van der Waals surface area contributed by atoms with Gasteiger partial charge in [-0.3, -0.25) is 9.10 Å². The predicted molar refractivity (Wildman–Crippen MR) is 101 cm³/mol. The van der Waals surface area contributed by atoms with E-state index in [1.165, 1.54) is 24.5 Å². The maximum atomic E-state index is 12.8. The molecule has 0 unspecified atom stereocenters.